The van der Waals surface area contributed by atoms with Crippen LogP contribution in [0, 0.1) is 21.7 Å². The number of ether oxygens (including phenoxy) is 1. The van der Waals surface area contributed by atoms with E-state index in [1.54, 1.807) is 0 Å². The fraction of sp³-hybridized carbons (Fsp3) is 0.143. The molecule has 0 aliphatic rings. The molecule has 7 heteroatoms. The number of nitro groups is 1. The fourth-order valence-electron chi connectivity index (χ4n) is 0.941. The molecule has 0 amide bonds. The number of hydrogen-bond donors (Lipinski definition) is 1. The second-order valence-electron chi connectivity index (χ2n) is 2.40. The number of benzene rings is 1. The molecular weight excluding hydrogens is 198 g/mol. The molecular formula is C7H6F2N2O3. The number of hydrogen-bond acceptors (Lipinski definition) is 4. The van der Waals surface area contributed by atoms with Gasteiger partial charge in [0.15, 0.2) is 23.1 Å². The van der Waals surface area contributed by atoms with E-state index in [-0.39, 0.29) is 0 Å². The number of nitrogens with zero attached hydrogens (tertiary/aromatic N) is 1. The van der Waals surface area contributed by atoms with Crippen LogP contribution in [0.15, 0.2) is 6.07 Å². The Morgan fingerprint density at radius 3 is 2.57 bits per heavy atom. The Balaban J connectivity index is 3.47. The van der Waals surface area contributed by atoms with E-state index in [9.17, 15) is 18.9 Å². The van der Waals surface area contributed by atoms with E-state index in [4.69, 9.17) is 5.73 Å². The summed E-state index contributed by atoms with van der Waals surface area (Å²) >= 11 is 0. The molecule has 0 spiro atoms. The molecule has 76 valence electrons. The molecule has 0 fully saturated rings. The summed E-state index contributed by atoms with van der Waals surface area (Å²) in [6.45, 7) is 0. The van der Waals surface area contributed by atoms with E-state index in [0.717, 1.165) is 7.11 Å². The number of nitrogen functional groups attached to an aromatic ring is 1. The zero-order valence-corrected chi connectivity index (χ0v) is 7.08. The lowest BCUT2D eigenvalue weighted by molar-refractivity contribution is -0.384. The Hall–Kier alpha value is -1.92. The van der Waals surface area contributed by atoms with Crippen molar-refractivity contribution in [2.75, 3.05) is 12.8 Å². The van der Waals surface area contributed by atoms with Gasteiger partial charge in [-0.3, -0.25) is 10.1 Å². The van der Waals surface area contributed by atoms with Crippen molar-refractivity contribution in [1.82, 2.24) is 0 Å². The predicted octanol–water partition coefficient (Wildman–Crippen LogP) is 1.46. The Morgan fingerprint density at radius 1 is 1.57 bits per heavy atom. The van der Waals surface area contributed by atoms with Gasteiger partial charge in [0.25, 0.3) is 5.69 Å². The summed E-state index contributed by atoms with van der Waals surface area (Å²) in [5.41, 5.74) is 3.50. The minimum Gasteiger partial charge on any atom is -0.491 e. The van der Waals surface area contributed by atoms with Crippen LogP contribution in [0.1, 0.15) is 0 Å². The summed E-state index contributed by atoms with van der Waals surface area (Å²) in [4.78, 5) is 9.31. The SMILES string of the molecule is COc1c(F)cc([N+](=O)[O-])c(N)c1F. The van der Waals surface area contributed by atoms with Crippen LogP contribution in [0.2, 0.25) is 0 Å². The largest absolute Gasteiger partial charge is 0.491 e. The van der Waals surface area contributed by atoms with Gasteiger partial charge in [-0.05, 0) is 0 Å². The topological polar surface area (TPSA) is 78.4 Å². The summed E-state index contributed by atoms with van der Waals surface area (Å²) < 4.78 is 30.4. The molecule has 0 radical (unpaired) electrons. The van der Waals surface area contributed by atoms with Gasteiger partial charge in [-0.15, -0.1) is 0 Å². The van der Waals surface area contributed by atoms with Crippen molar-refractivity contribution in [1.29, 1.82) is 0 Å². The van der Waals surface area contributed by atoms with Gasteiger partial charge in [0, 0.05) is 0 Å². The molecule has 1 aromatic rings. The monoisotopic (exact) mass is 204 g/mol. The second kappa shape index (κ2) is 3.44. The first-order valence-corrected chi connectivity index (χ1v) is 3.45. The lowest BCUT2D eigenvalue weighted by Gasteiger charge is -2.05. The first kappa shape index (κ1) is 10.2. The lowest BCUT2D eigenvalue weighted by atomic mass is 10.2. The van der Waals surface area contributed by atoms with Crippen molar-refractivity contribution < 1.29 is 18.4 Å². The van der Waals surface area contributed by atoms with E-state index in [1.165, 1.54) is 0 Å². The highest BCUT2D eigenvalue weighted by atomic mass is 19.1. The highest BCUT2D eigenvalue weighted by molar-refractivity contribution is 5.62. The number of nitrogens with two attached hydrogens (primary N) is 1. The average Bonchev–Trinajstić information content (AvgIpc) is 2.12. The van der Waals surface area contributed by atoms with Crippen LogP contribution in [-0.2, 0) is 0 Å². The average molecular weight is 204 g/mol. The quantitative estimate of drug-likeness (QED) is 0.449. The zero-order chi connectivity index (χ0) is 10.9. The van der Waals surface area contributed by atoms with Gasteiger partial charge >= 0.3 is 0 Å². The summed E-state index contributed by atoms with van der Waals surface area (Å²) in [7, 11) is 1.03. The van der Waals surface area contributed by atoms with Crippen molar-refractivity contribution in [2.45, 2.75) is 0 Å². The molecule has 0 aliphatic heterocycles. The molecule has 0 heterocycles. The number of rotatable bonds is 2. The maximum Gasteiger partial charge on any atom is 0.298 e. The molecule has 0 aliphatic carbocycles. The van der Waals surface area contributed by atoms with Crippen LogP contribution in [0.4, 0.5) is 20.2 Å². The zero-order valence-electron chi connectivity index (χ0n) is 7.08. The molecule has 5 nitrogen and oxygen atoms in total. The van der Waals surface area contributed by atoms with Gasteiger partial charge in [0.1, 0.15) is 0 Å². The summed E-state index contributed by atoms with van der Waals surface area (Å²) in [6, 6.07) is 0.511. The van der Waals surface area contributed by atoms with Gasteiger partial charge in [-0.1, -0.05) is 0 Å². The Morgan fingerprint density at radius 2 is 2.14 bits per heavy atom. The van der Waals surface area contributed by atoms with E-state index in [1.807, 2.05) is 0 Å². The third kappa shape index (κ3) is 1.43. The smallest absolute Gasteiger partial charge is 0.298 e. The molecule has 1 aromatic carbocycles. The Labute approximate surface area is 77.2 Å². The Bertz CT molecular complexity index is 395. The summed E-state index contributed by atoms with van der Waals surface area (Å²) in [5.74, 6) is -3.15. The molecule has 2 N–H and O–H groups in total. The minimum atomic E-state index is -1.26. The summed E-state index contributed by atoms with van der Waals surface area (Å²) in [5, 5.41) is 10.3. The fourth-order valence-corrected chi connectivity index (χ4v) is 0.941. The third-order valence-corrected chi connectivity index (χ3v) is 1.59. The van der Waals surface area contributed by atoms with Crippen molar-refractivity contribution in [3.05, 3.63) is 27.8 Å². The molecule has 0 unspecified atom stereocenters. The molecule has 0 atom stereocenters. The second-order valence-corrected chi connectivity index (χ2v) is 2.40. The number of anilines is 1. The van der Waals surface area contributed by atoms with Crippen LogP contribution >= 0.6 is 0 Å². The van der Waals surface area contributed by atoms with Crippen molar-refractivity contribution in [2.24, 2.45) is 0 Å². The van der Waals surface area contributed by atoms with Crippen molar-refractivity contribution in [3.8, 4) is 5.75 Å². The van der Waals surface area contributed by atoms with Gasteiger partial charge in [0.2, 0.25) is 0 Å². The molecule has 0 aromatic heterocycles. The van der Waals surface area contributed by atoms with E-state index >= 15 is 0 Å². The predicted molar refractivity (Wildman–Crippen MR) is 44.0 cm³/mol. The van der Waals surface area contributed by atoms with Gasteiger partial charge < -0.3 is 10.5 Å². The van der Waals surface area contributed by atoms with E-state index in [2.05, 4.69) is 4.74 Å². The minimum absolute atomic E-state index is 0.511. The van der Waals surface area contributed by atoms with Crippen LogP contribution in [0.3, 0.4) is 0 Å². The first-order valence-electron chi connectivity index (χ1n) is 3.45. The van der Waals surface area contributed by atoms with Gasteiger partial charge in [-0.2, -0.15) is 0 Å². The van der Waals surface area contributed by atoms with Gasteiger partial charge in [0.05, 0.1) is 18.1 Å². The third-order valence-electron chi connectivity index (χ3n) is 1.59. The number of nitro benzene ring substituents is 1. The molecule has 14 heavy (non-hydrogen) atoms. The van der Waals surface area contributed by atoms with E-state index in [0.29, 0.717) is 6.07 Å². The highest BCUT2D eigenvalue weighted by Crippen LogP contribution is 2.33. The molecule has 0 saturated carbocycles. The maximum absolute atomic E-state index is 13.1. The number of halogens is 2. The van der Waals surface area contributed by atoms with Crippen LogP contribution in [0.5, 0.6) is 5.75 Å². The lowest BCUT2D eigenvalue weighted by Crippen LogP contribution is -2.03. The highest BCUT2D eigenvalue weighted by Gasteiger charge is 2.23. The van der Waals surface area contributed by atoms with E-state index < -0.39 is 33.7 Å². The standard InChI is InChI=1S/C7H6F2N2O3/c1-14-7-3(8)2-4(11(12)13)6(10)5(7)9/h2H,10H2,1H3. The number of methoxy groups -OCH3 is 1. The molecule has 0 saturated heterocycles. The normalized spacial score (nSPS) is 9.93. The Kier molecular flexibility index (Phi) is 2.50. The first-order chi connectivity index (χ1) is 6.49. The summed E-state index contributed by atoms with van der Waals surface area (Å²) in [6.07, 6.45) is 0. The molecule has 1 rings (SSSR count). The molecule has 0 bridgehead atoms. The van der Waals surface area contributed by atoms with Crippen molar-refractivity contribution >= 4 is 11.4 Å². The maximum atomic E-state index is 13.1. The van der Waals surface area contributed by atoms with Gasteiger partial charge in [-0.25, -0.2) is 8.78 Å². The van der Waals surface area contributed by atoms with Crippen LogP contribution in [-0.4, -0.2) is 12.0 Å². The van der Waals surface area contributed by atoms with Crippen molar-refractivity contribution in [3.63, 3.8) is 0 Å². The van der Waals surface area contributed by atoms with Crippen LogP contribution < -0.4 is 10.5 Å². The van der Waals surface area contributed by atoms with Crippen LogP contribution in [0.25, 0.3) is 0 Å².